The Hall–Kier alpha value is -1.63. The van der Waals surface area contributed by atoms with E-state index in [0.29, 0.717) is 16.5 Å². The first kappa shape index (κ1) is 10.9. The number of nitrogens with one attached hydrogen (secondary N) is 1. The lowest BCUT2D eigenvalue weighted by Crippen LogP contribution is -2.06. The summed E-state index contributed by atoms with van der Waals surface area (Å²) < 4.78 is 31.3. The summed E-state index contributed by atoms with van der Waals surface area (Å²) in [4.78, 5) is -0.103. The Morgan fingerprint density at radius 3 is 2.56 bits per heavy atom. The van der Waals surface area contributed by atoms with E-state index in [-0.39, 0.29) is 4.90 Å². The van der Waals surface area contributed by atoms with Crippen LogP contribution in [0, 0.1) is 0 Å². The third-order valence-electron chi connectivity index (χ3n) is 2.28. The Balaban J connectivity index is 2.80. The van der Waals surface area contributed by atoms with E-state index in [1.54, 1.807) is 30.3 Å². The summed E-state index contributed by atoms with van der Waals surface area (Å²) in [5.41, 5.74) is 3.13. The molecule has 2 aromatic rings. The van der Waals surface area contributed by atoms with E-state index in [1.807, 2.05) is 0 Å². The van der Waals surface area contributed by atoms with Crippen LogP contribution in [0.1, 0.15) is 0 Å². The quantitative estimate of drug-likeness (QED) is 0.417. The van der Waals surface area contributed by atoms with Gasteiger partial charge in [0, 0.05) is 11.1 Å². The largest absolute Gasteiger partial charge is 0.324 e. The normalized spacial score (nSPS) is 11.6. The van der Waals surface area contributed by atoms with Crippen LogP contribution in [-0.4, -0.2) is 13.0 Å². The molecule has 6 heteroatoms. The number of nitrogens with two attached hydrogens (primary N) is 1. The molecule has 16 heavy (non-hydrogen) atoms. The molecule has 0 bridgehead atoms. The minimum absolute atomic E-state index is 0.103. The topological polar surface area (TPSA) is 92.4 Å². The number of benzene rings is 2. The number of fused-ring (bicyclic) bond motifs is 1. The van der Waals surface area contributed by atoms with Crippen molar-refractivity contribution in [3.8, 4) is 0 Å². The van der Waals surface area contributed by atoms with Crippen LogP contribution in [0.4, 0.5) is 5.69 Å². The number of hydrazine groups is 1. The first-order valence-electron chi connectivity index (χ1n) is 4.49. The van der Waals surface area contributed by atoms with Crippen LogP contribution >= 0.6 is 0 Å². The van der Waals surface area contributed by atoms with Gasteiger partial charge in [0.1, 0.15) is 4.90 Å². The highest BCUT2D eigenvalue weighted by Gasteiger charge is 2.13. The maximum absolute atomic E-state index is 11.1. The van der Waals surface area contributed by atoms with E-state index in [4.69, 9.17) is 10.4 Å². The van der Waals surface area contributed by atoms with Gasteiger partial charge in [-0.05, 0) is 23.6 Å². The molecule has 0 aliphatic rings. The van der Waals surface area contributed by atoms with Crippen molar-refractivity contribution in [1.29, 1.82) is 0 Å². The molecule has 4 N–H and O–H groups in total. The monoisotopic (exact) mass is 238 g/mol. The van der Waals surface area contributed by atoms with Crippen LogP contribution in [0.3, 0.4) is 0 Å². The lowest BCUT2D eigenvalue weighted by Gasteiger charge is -2.05. The molecule has 2 rings (SSSR count). The van der Waals surface area contributed by atoms with E-state index >= 15 is 0 Å². The molecule has 0 amide bonds. The number of rotatable bonds is 2. The number of anilines is 1. The van der Waals surface area contributed by atoms with Crippen molar-refractivity contribution in [2.24, 2.45) is 5.84 Å². The summed E-state index contributed by atoms with van der Waals surface area (Å²) in [6.45, 7) is 0. The zero-order chi connectivity index (χ0) is 11.8. The second kappa shape index (κ2) is 3.75. The zero-order valence-electron chi connectivity index (χ0n) is 8.21. The first-order valence-corrected chi connectivity index (χ1v) is 5.93. The van der Waals surface area contributed by atoms with Crippen LogP contribution in [-0.2, 0) is 10.1 Å². The molecule has 0 saturated carbocycles. The van der Waals surface area contributed by atoms with Crippen LogP contribution in [0.5, 0.6) is 0 Å². The lowest BCUT2D eigenvalue weighted by molar-refractivity contribution is 0.484. The van der Waals surface area contributed by atoms with Crippen molar-refractivity contribution in [3.63, 3.8) is 0 Å². The maximum atomic E-state index is 11.1. The van der Waals surface area contributed by atoms with Gasteiger partial charge in [-0.25, -0.2) is 0 Å². The van der Waals surface area contributed by atoms with Gasteiger partial charge < -0.3 is 5.43 Å². The van der Waals surface area contributed by atoms with Gasteiger partial charge in [-0.1, -0.05) is 18.2 Å². The van der Waals surface area contributed by atoms with E-state index in [2.05, 4.69) is 5.43 Å². The predicted molar refractivity (Wildman–Crippen MR) is 61.6 cm³/mol. The molecule has 0 atom stereocenters. The SMILES string of the molecule is NNc1ccc2c(S(=O)(=O)O)cccc2c1. The number of hydrogen-bond acceptors (Lipinski definition) is 4. The smallest absolute Gasteiger partial charge is 0.295 e. The fourth-order valence-corrected chi connectivity index (χ4v) is 2.28. The van der Waals surface area contributed by atoms with Crippen LogP contribution in [0.15, 0.2) is 41.3 Å². The molecule has 0 saturated heterocycles. The standard InChI is InChI=1S/C10H10N2O3S/c11-12-8-4-5-9-7(6-8)2-1-3-10(9)16(13,14)15/h1-6,12H,11H2,(H,13,14,15). The summed E-state index contributed by atoms with van der Waals surface area (Å²) in [5.74, 6) is 5.25. The molecule has 2 aromatic carbocycles. The van der Waals surface area contributed by atoms with E-state index in [0.717, 1.165) is 0 Å². The average Bonchev–Trinajstić information content (AvgIpc) is 2.26. The number of hydrogen-bond donors (Lipinski definition) is 3. The molecule has 84 valence electrons. The summed E-state index contributed by atoms with van der Waals surface area (Å²) in [5, 5.41) is 1.15. The Labute approximate surface area is 92.6 Å². The van der Waals surface area contributed by atoms with Crippen LogP contribution in [0.2, 0.25) is 0 Å². The molecule has 0 aromatic heterocycles. The molecule has 0 fully saturated rings. The number of nitrogen functional groups attached to an aromatic ring is 1. The molecule has 0 spiro atoms. The molecular weight excluding hydrogens is 228 g/mol. The summed E-state index contributed by atoms with van der Waals surface area (Å²) in [7, 11) is -4.20. The molecule has 0 radical (unpaired) electrons. The van der Waals surface area contributed by atoms with Gasteiger partial charge in [-0.3, -0.25) is 10.4 Å². The average molecular weight is 238 g/mol. The minimum atomic E-state index is -4.20. The van der Waals surface area contributed by atoms with Gasteiger partial charge in [0.2, 0.25) is 0 Å². The van der Waals surface area contributed by atoms with E-state index in [1.165, 1.54) is 6.07 Å². The van der Waals surface area contributed by atoms with Crippen molar-refractivity contribution < 1.29 is 13.0 Å². The fraction of sp³-hybridized carbons (Fsp3) is 0. The third-order valence-corrected chi connectivity index (χ3v) is 3.20. The lowest BCUT2D eigenvalue weighted by atomic mass is 10.1. The molecule has 0 aliphatic carbocycles. The Kier molecular flexibility index (Phi) is 2.55. The highest BCUT2D eigenvalue weighted by Crippen LogP contribution is 2.25. The van der Waals surface area contributed by atoms with Gasteiger partial charge in [-0.2, -0.15) is 8.42 Å². The second-order valence-electron chi connectivity index (χ2n) is 3.31. The van der Waals surface area contributed by atoms with E-state index in [9.17, 15) is 8.42 Å². The Bertz CT molecular complexity index is 638. The molecule has 0 unspecified atom stereocenters. The van der Waals surface area contributed by atoms with Crippen molar-refractivity contribution >= 4 is 26.6 Å². The predicted octanol–water partition coefficient (Wildman–Crippen LogP) is 1.37. The van der Waals surface area contributed by atoms with Gasteiger partial charge in [0.15, 0.2) is 0 Å². The highest BCUT2D eigenvalue weighted by atomic mass is 32.2. The maximum Gasteiger partial charge on any atom is 0.295 e. The van der Waals surface area contributed by atoms with Crippen molar-refractivity contribution in [3.05, 3.63) is 36.4 Å². The first-order chi connectivity index (χ1) is 7.52. The highest BCUT2D eigenvalue weighted by molar-refractivity contribution is 7.86. The molecule has 0 heterocycles. The van der Waals surface area contributed by atoms with Gasteiger partial charge in [0.05, 0.1) is 0 Å². The minimum Gasteiger partial charge on any atom is -0.324 e. The van der Waals surface area contributed by atoms with Gasteiger partial charge >= 0.3 is 0 Å². The molecule has 0 aliphatic heterocycles. The van der Waals surface area contributed by atoms with Crippen LogP contribution in [0.25, 0.3) is 10.8 Å². The third kappa shape index (κ3) is 1.85. The van der Waals surface area contributed by atoms with Crippen molar-refractivity contribution in [2.45, 2.75) is 4.90 Å². The summed E-state index contributed by atoms with van der Waals surface area (Å²) in [6.07, 6.45) is 0. The van der Waals surface area contributed by atoms with Crippen molar-refractivity contribution in [2.75, 3.05) is 5.43 Å². The Morgan fingerprint density at radius 1 is 1.19 bits per heavy atom. The second-order valence-corrected chi connectivity index (χ2v) is 4.70. The van der Waals surface area contributed by atoms with E-state index < -0.39 is 10.1 Å². The zero-order valence-corrected chi connectivity index (χ0v) is 9.03. The van der Waals surface area contributed by atoms with Gasteiger partial charge in [0.25, 0.3) is 10.1 Å². The Morgan fingerprint density at radius 2 is 1.94 bits per heavy atom. The molecule has 5 nitrogen and oxygen atoms in total. The summed E-state index contributed by atoms with van der Waals surface area (Å²) >= 11 is 0. The van der Waals surface area contributed by atoms with Gasteiger partial charge in [-0.15, -0.1) is 0 Å². The fourth-order valence-electron chi connectivity index (χ4n) is 1.57. The van der Waals surface area contributed by atoms with Crippen LogP contribution < -0.4 is 11.3 Å². The summed E-state index contributed by atoms with van der Waals surface area (Å²) in [6, 6.07) is 9.58. The van der Waals surface area contributed by atoms with Crippen molar-refractivity contribution in [1.82, 2.24) is 0 Å². The molecular formula is C10H10N2O3S.